The molecular weight excluding hydrogens is 506 g/mol. The smallest absolute Gasteiger partial charge is 0.163 e. The highest BCUT2D eigenvalue weighted by Gasteiger charge is 2.38. The minimum atomic E-state index is -1.41. The molecule has 0 amide bonds. The lowest BCUT2D eigenvalue weighted by atomic mass is 9.88. The van der Waals surface area contributed by atoms with Crippen molar-refractivity contribution in [2.75, 3.05) is 13.7 Å². The molecule has 40 heavy (non-hydrogen) atoms. The van der Waals surface area contributed by atoms with Gasteiger partial charge in [-0.25, -0.2) is 9.97 Å². The van der Waals surface area contributed by atoms with E-state index in [0.717, 1.165) is 22.1 Å². The lowest BCUT2D eigenvalue weighted by Crippen LogP contribution is -2.35. The van der Waals surface area contributed by atoms with Crippen molar-refractivity contribution in [3.63, 3.8) is 0 Å². The Kier molecular flexibility index (Phi) is 7.12. The number of pyridine rings is 2. The van der Waals surface area contributed by atoms with Crippen molar-refractivity contribution in [1.82, 2.24) is 9.97 Å². The van der Waals surface area contributed by atoms with Gasteiger partial charge in [0.1, 0.15) is 29.2 Å². The maximum absolute atomic E-state index is 13.3. The Balaban J connectivity index is 1.45. The van der Waals surface area contributed by atoms with Gasteiger partial charge in [0.15, 0.2) is 11.5 Å². The minimum absolute atomic E-state index is 0.0792. The van der Waals surface area contributed by atoms with Crippen LogP contribution in [0.3, 0.4) is 0 Å². The fraction of sp³-hybridized carbons (Fsp3) is 0.344. The van der Waals surface area contributed by atoms with Gasteiger partial charge in [0.2, 0.25) is 0 Å². The van der Waals surface area contributed by atoms with Crippen LogP contribution in [0, 0.1) is 6.92 Å². The maximum Gasteiger partial charge on any atom is 0.163 e. The average molecular weight is 542 g/mol. The second-order valence-electron chi connectivity index (χ2n) is 11.2. The summed E-state index contributed by atoms with van der Waals surface area (Å²) in [6, 6.07) is 16.7. The molecule has 4 N–H and O–H groups in total. The first kappa shape index (κ1) is 27.7. The van der Waals surface area contributed by atoms with Gasteiger partial charge in [-0.2, -0.15) is 0 Å². The van der Waals surface area contributed by atoms with Gasteiger partial charge in [-0.05, 0) is 58.4 Å². The highest BCUT2D eigenvalue weighted by Crippen LogP contribution is 2.44. The lowest BCUT2D eigenvalue weighted by molar-refractivity contribution is 0.0396. The van der Waals surface area contributed by atoms with Crippen LogP contribution in [0.15, 0.2) is 54.6 Å². The molecule has 208 valence electrons. The number of fused-ring (bicyclic) bond motifs is 2. The van der Waals surface area contributed by atoms with Gasteiger partial charge < -0.3 is 25.4 Å². The number of nitrogens with two attached hydrogens (primary N) is 1. The summed E-state index contributed by atoms with van der Waals surface area (Å²) < 4.78 is 11.5. The predicted molar refractivity (Wildman–Crippen MR) is 154 cm³/mol. The molecule has 2 aromatic carbocycles. The van der Waals surface area contributed by atoms with E-state index in [1.807, 2.05) is 44.2 Å². The summed E-state index contributed by atoms with van der Waals surface area (Å²) in [6.45, 7) is 7.53. The molecule has 4 aromatic rings. The topological polar surface area (TPSA) is 128 Å². The third-order valence-corrected chi connectivity index (χ3v) is 7.57. The summed E-state index contributed by atoms with van der Waals surface area (Å²) in [4.78, 5) is 22.7. The summed E-state index contributed by atoms with van der Waals surface area (Å²) in [6.07, 6.45) is -0.497. The monoisotopic (exact) mass is 541 g/mol. The zero-order valence-corrected chi connectivity index (χ0v) is 23.5. The number of nitrogens with zero attached hydrogens (tertiary/aromatic N) is 2. The number of carbonyl (C=O) groups is 1. The number of ether oxygens (including phenoxy) is 2. The molecule has 0 bridgehead atoms. The molecule has 2 aromatic heterocycles. The molecule has 3 heterocycles. The van der Waals surface area contributed by atoms with Crippen molar-refractivity contribution in [2.24, 2.45) is 5.73 Å². The number of aryl methyl sites for hydroxylation is 1. The van der Waals surface area contributed by atoms with Gasteiger partial charge in [-0.1, -0.05) is 35.9 Å². The predicted octanol–water partition coefficient (Wildman–Crippen LogP) is 5.10. The van der Waals surface area contributed by atoms with E-state index >= 15 is 0 Å². The second kappa shape index (κ2) is 10.3. The number of aromatic nitrogens is 2. The number of hydrogen-bond acceptors (Lipinski definition) is 8. The SMILES string of the molecule is COc1cc(C(=O)CCC(C)(O)c2cc3c(c(-c4ccc(C)cc4)n2)OCC3(C)N)cc2ccc(C(C)O)nc12. The molecule has 3 unspecified atom stereocenters. The van der Waals surface area contributed by atoms with Crippen molar-refractivity contribution in [1.29, 1.82) is 0 Å². The Labute approximate surface area is 233 Å². The molecule has 0 saturated heterocycles. The quantitative estimate of drug-likeness (QED) is 0.263. The van der Waals surface area contributed by atoms with E-state index in [1.165, 1.54) is 7.11 Å². The van der Waals surface area contributed by atoms with Crippen molar-refractivity contribution in [2.45, 2.75) is 57.8 Å². The molecule has 8 heteroatoms. The molecule has 3 atom stereocenters. The third kappa shape index (κ3) is 5.18. The zero-order chi connectivity index (χ0) is 28.8. The highest BCUT2D eigenvalue weighted by molar-refractivity contribution is 6.01. The van der Waals surface area contributed by atoms with Crippen LogP contribution in [0.25, 0.3) is 22.2 Å². The van der Waals surface area contributed by atoms with Crippen LogP contribution >= 0.6 is 0 Å². The highest BCUT2D eigenvalue weighted by atomic mass is 16.5. The molecule has 0 aliphatic carbocycles. The lowest BCUT2D eigenvalue weighted by Gasteiger charge is -2.25. The largest absolute Gasteiger partial charge is 0.494 e. The van der Waals surface area contributed by atoms with Crippen LogP contribution < -0.4 is 15.2 Å². The Morgan fingerprint density at radius 3 is 2.58 bits per heavy atom. The van der Waals surface area contributed by atoms with Crippen LogP contribution in [0.4, 0.5) is 0 Å². The zero-order valence-electron chi connectivity index (χ0n) is 23.5. The number of aliphatic hydroxyl groups excluding tert-OH is 1. The third-order valence-electron chi connectivity index (χ3n) is 7.57. The summed E-state index contributed by atoms with van der Waals surface area (Å²) in [7, 11) is 1.52. The molecule has 8 nitrogen and oxygen atoms in total. The maximum atomic E-state index is 13.3. The molecule has 1 aliphatic rings. The van der Waals surface area contributed by atoms with Gasteiger partial charge in [0.25, 0.3) is 0 Å². The summed E-state index contributed by atoms with van der Waals surface area (Å²) in [5, 5.41) is 22.2. The molecular formula is C32H35N3O5. The number of methoxy groups -OCH3 is 1. The van der Waals surface area contributed by atoms with Gasteiger partial charge >= 0.3 is 0 Å². The molecule has 0 saturated carbocycles. The fourth-order valence-corrected chi connectivity index (χ4v) is 4.98. The first-order valence-electron chi connectivity index (χ1n) is 13.4. The number of benzene rings is 2. The van der Waals surface area contributed by atoms with E-state index in [2.05, 4.69) is 4.98 Å². The van der Waals surface area contributed by atoms with Gasteiger partial charge in [-0.3, -0.25) is 4.79 Å². The summed E-state index contributed by atoms with van der Waals surface area (Å²) in [5.74, 6) is 0.924. The van der Waals surface area contributed by atoms with E-state index in [-0.39, 0.29) is 18.6 Å². The average Bonchev–Trinajstić information content (AvgIpc) is 3.25. The second-order valence-corrected chi connectivity index (χ2v) is 11.2. The summed E-state index contributed by atoms with van der Waals surface area (Å²) in [5.41, 5.74) is 9.78. The Hall–Kier alpha value is -3.85. The van der Waals surface area contributed by atoms with Crippen molar-refractivity contribution < 1.29 is 24.5 Å². The van der Waals surface area contributed by atoms with E-state index in [0.29, 0.717) is 46.3 Å². The number of carbonyl (C=O) groups excluding carboxylic acids is 1. The fourth-order valence-electron chi connectivity index (χ4n) is 4.98. The number of ketones is 1. The molecule has 1 aliphatic heterocycles. The minimum Gasteiger partial charge on any atom is -0.494 e. The van der Waals surface area contributed by atoms with Crippen LogP contribution in [0.5, 0.6) is 11.5 Å². The number of hydrogen-bond donors (Lipinski definition) is 3. The van der Waals surface area contributed by atoms with E-state index in [4.69, 9.17) is 20.2 Å². The Morgan fingerprint density at radius 2 is 1.90 bits per heavy atom. The van der Waals surface area contributed by atoms with E-state index in [1.54, 1.807) is 38.1 Å². The van der Waals surface area contributed by atoms with Gasteiger partial charge in [0, 0.05) is 28.5 Å². The number of aliphatic hydroxyl groups is 2. The summed E-state index contributed by atoms with van der Waals surface area (Å²) >= 11 is 0. The van der Waals surface area contributed by atoms with E-state index < -0.39 is 17.2 Å². The number of Topliss-reactive ketones (excluding diaryl/α,β-unsaturated/α-hetero) is 1. The standard InChI is InChI=1S/C32H35N3O5/c1-18-6-8-20(9-7-18)29-30-23(31(3,33)17-40-30)16-27(35-29)32(4,38)13-12-25(37)22-14-21-10-11-24(19(2)36)34-28(21)26(15-22)39-5/h6-11,14-16,19,36,38H,12-13,17,33H2,1-5H3. The normalized spacial score (nSPS) is 18.6. The van der Waals surface area contributed by atoms with Gasteiger partial charge in [0.05, 0.1) is 30.1 Å². The molecule has 0 radical (unpaired) electrons. The van der Waals surface area contributed by atoms with Gasteiger partial charge in [-0.15, -0.1) is 0 Å². The Bertz CT molecular complexity index is 1590. The van der Waals surface area contributed by atoms with Crippen LogP contribution in [-0.2, 0) is 11.1 Å². The Morgan fingerprint density at radius 1 is 1.18 bits per heavy atom. The molecule has 0 fully saturated rings. The van der Waals surface area contributed by atoms with Crippen molar-refractivity contribution in [3.8, 4) is 22.8 Å². The first-order valence-corrected chi connectivity index (χ1v) is 13.4. The molecule has 0 spiro atoms. The van der Waals surface area contributed by atoms with Crippen LogP contribution in [0.1, 0.15) is 72.6 Å². The van der Waals surface area contributed by atoms with Crippen LogP contribution in [-0.4, -0.2) is 39.7 Å². The number of rotatable bonds is 8. The first-order chi connectivity index (χ1) is 18.9. The van der Waals surface area contributed by atoms with Crippen molar-refractivity contribution in [3.05, 3.63) is 82.7 Å². The van der Waals surface area contributed by atoms with Crippen molar-refractivity contribution >= 4 is 16.7 Å². The van der Waals surface area contributed by atoms with Crippen LogP contribution in [0.2, 0.25) is 0 Å². The molecule has 5 rings (SSSR count). The van der Waals surface area contributed by atoms with E-state index in [9.17, 15) is 15.0 Å².